The molecule has 3 unspecified atom stereocenters. The normalized spacial score (nSPS) is 29.5. The summed E-state index contributed by atoms with van der Waals surface area (Å²) in [5.41, 5.74) is 0. The first-order valence-corrected chi connectivity index (χ1v) is 11.4. The average molecular weight is 435 g/mol. The second-order valence-electron chi connectivity index (χ2n) is 9.30. The van der Waals surface area contributed by atoms with Crippen LogP contribution < -0.4 is 16.0 Å². The van der Waals surface area contributed by atoms with Crippen molar-refractivity contribution >= 4 is 17.7 Å². The molecule has 0 aliphatic carbocycles. The van der Waals surface area contributed by atoms with Gasteiger partial charge in [0.15, 0.2) is 6.29 Å². The van der Waals surface area contributed by atoms with Gasteiger partial charge in [-0.3, -0.25) is 14.4 Å². The zero-order chi connectivity index (χ0) is 22.4. The molecule has 0 radical (unpaired) electrons. The molecule has 3 fully saturated rings. The molecule has 0 aromatic heterocycles. The summed E-state index contributed by atoms with van der Waals surface area (Å²) in [4.78, 5) is 37.4. The van der Waals surface area contributed by atoms with E-state index in [4.69, 9.17) is 9.47 Å². The highest BCUT2D eigenvalue weighted by molar-refractivity contribution is 5.88. The minimum Gasteiger partial charge on any atom is -0.356 e. The molecule has 0 aromatic rings. The molecule has 0 saturated carbocycles. The maximum atomic E-state index is 12.9. The summed E-state index contributed by atoms with van der Waals surface area (Å²) in [5, 5.41) is 17.8. The van der Waals surface area contributed by atoms with Crippen LogP contribution in [0, 0.1) is 35.0 Å². The van der Waals surface area contributed by atoms with Gasteiger partial charge in [0.25, 0.3) is 0 Å². The molecule has 3 aliphatic rings. The Balaban J connectivity index is 1.54. The van der Waals surface area contributed by atoms with Crippen molar-refractivity contribution < 1.29 is 23.9 Å². The van der Waals surface area contributed by atoms with Gasteiger partial charge >= 0.3 is 0 Å². The number of nitrogens with zero attached hydrogens (tertiary/aromatic N) is 1. The molecule has 3 amide bonds. The average Bonchev–Trinajstić information content (AvgIpc) is 3.32. The zero-order valence-electron chi connectivity index (χ0n) is 18.4. The smallest absolute Gasteiger partial charge is 0.243 e. The van der Waals surface area contributed by atoms with Crippen LogP contribution in [0.25, 0.3) is 0 Å². The largest absolute Gasteiger partial charge is 0.356 e. The van der Waals surface area contributed by atoms with E-state index in [1.54, 1.807) is 0 Å². The Morgan fingerprint density at radius 2 is 2.06 bits per heavy atom. The molecule has 9 heteroatoms. The molecule has 9 nitrogen and oxygen atoms in total. The van der Waals surface area contributed by atoms with Gasteiger partial charge in [0.05, 0.1) is 12.7 Å². The predicted molar refractivity (Wildman–Crippen MR) is 111 cm³/mol. The molecule has 3 rings (SSSR count). The number of fused-ring (bicyclic) bond motifs is 1. The lowest BCUT2D eigenvalue weighted by Crippen LogP contribution is -2.50. The summed E-state index contributed by atoms with van der Waals surface area (Å²) in [6.07, 6.45) is 3.43. The number of amides is 3. The molecular weight excluding hydrogens is 400 g/mol. The number of hydrogen-bond acceptors (Lipinski definition) is 6. The minimum atomic E-state index is -0.767. The Bertz CT molecular complexity index is 707. The molecule has 0 aromatic carbocycles. The molecule has 6 atom stereocenters. The van der Waals surface area contributed by atoms with Crippen molar-refractivity contribution in [2.75, 3.05) is 19.8 Å². The summed E-state index contributed by atoms with van der Waals surface area (Å²) in [6.45, 7) is 5.74. The van der Waals surface area contributed by atoms with Gasteiger partial charge in [-0.05, 0) is 43.9 Å². The maximum absolute atomic E-state index is 12.9. The van der Waals surface area contributed by atoms with E-state index in [9.17, 15) is 19.6 Å². The molecule has 0 spiro atoms. The van der Waals surface area contributed by atoms with Crippen molar-refractivity contribution in [2.45, 2.75) is 70.7 Å². The van der Waals surface area contributed by atoms with Crippen molar-refractivity contribution in [1.82, 2.24) is 16.0 Å². The summed E-state index contributed by atoms with van der Waals surface area (Å²) in [7, 11) is 0. The highest BCUT2D eigenvalue weighted by atomic mass is 16.7. The van der Waals surface area contributed by atoms with E-state index in [1.165, 1.54) is 0 Å². The molecule has 3 N–H and O–H groups in total. The third-order valence-corrected chi connectivity index (χ3v) is 6.36. The Morgan fingerprint density at radius 3 is 2.74 bits per heavy atom. The third-order valence-electron chi connectivity index (χ3n) is 6.36. The molecule has 3 heterocycles. The molecule has 0 bridgehead atoms. The van der Waals surface area contributed by atoms with Crippen LogP contribution in [0.1, 0.15) is 52.4 Å². The second kappa shape index (κ2) is 10.9. The fourth-order valence-corrected chi connectivity index (χ4v) is 4.73. The van der Waals surface area contributed by atoms with Crippen LogP contribution in [-0.4, -0.2) is 55.9 Å². The zero-order valence-corrected chi connectivity index (χ0v) is 18.4. The number of carbonyl (C=O) groups excluding carboxylic acids is 3. The van der Waals surface area contributed by atoms with Crippen molar-refractivity contribution in [1.29, 1.82) is 5.26 Å². The standard InChI is InChI=1S/C22H34N4O5/c1-13(2)8-18(21(29)25-16(11-23)9-14-5-6-24-20(14)28)26-19(27)10-15-12-31-22-17(15)4-3-7-30-22/h13-18,22H,3-10,12H2,1-2H3,(H,24,28)(H,25,29)(H,26,27)/t14-,15?,16-,17?,18-,22?/m0/s1. The molecule has 3 aliphatic heterocycles. The highest BCUT2D eigenvalue weighted by Gasteiger charge is 2.41. The third kappa shape index (κ3) is 6.40. The van der Waals surface area contributed by atoms with Gasteiger partial charge in [-0.1, -0.05) is 13.8 Å². The van der Waals surface area contributed by atoms with Crippen LogP contribution >= 0.6 is 0 Å². The van der Waals surface area contributed by atoms with Crippen molar-refractivity contribution in [3.05, 3.63) is 0 Å². The van der Waals surface area contributed by atoms with Gasteiger partial charge in [-0.15, -0.1) is 0 Å². The van der Waals surface area contributed by atoms with E-state index in [0.717, 1.165) is 12.8 Å². The monoisotopic (exact) mass is 434 g/mol. The van der Waals surface area contributed by atoms with Crippen molar-refractivity contribution in [3.8, 4) is 6.07 Å². The Hall–Kier alpha value is -2.18. The predicted octanol–water partition coefficient (Wildman–Crippen LogP) is 0.841. The van der Waals surface area contributed by atoms with Gasteiger partial charge in [0, 0.05) is 31.4 Å². The lowest BCUT2D eigenvalue weighted by molar-refractivity contribution is -0.151. The number of ether oxygens (including phenoxy) is 2. The van der Waals surface area contributed by atoms with Gasteiger partial charge in [0.1, 0.15) is 12.1 Å². The minimum absolute atomic E-state index is 0.0784. The molecule has 3 saturated heterocycles. The maximum Gasteiger partial charge on any atom is 0.243 e. The van der Waals surface area contributed by atoms with Gasteiger partial charge < -0.3 is 25.4 Å². The Morgan fingerprint density at radius 1 is 1.26 bits per heavy atom. The number of rotatable bonds is 9. The molecular formula is C22H34N4O5. The van der Waals surface area contributed by atoms with Crippen LogP contribution in [0.2, 0.25) is 0 Å². The summed E-state index contributed by atoms with van der Waals surface area (Å²) in [5.74, 6) is -0.430. The van der Waals surface area contributed by atoms with Crippen molar-refractivity contribution in [2.24, 2.45) is 23.7 Å². The van der Waals surface area contributed by atoms with Crippen LogP contribution in [0.5, 0.6) is 0 Å². The Kier molecular flexibility index (Phi) is 8.27. The van der Waals surface area contributed by atoms with E-state index in [0.29, 0.717) is 32.6 Å². The first-order chi connectivity index (χ1) is 14.9. The fourth-order valence-electron chi connectivity index (χ4n) is 4.73. The van der Waals surface area contributed by atoms with Crippen LogP contribution in [-0.2, 0) is 23.9 Å². The van der Waals surface area contributed by atoms with E-state index < -0.39 is 12.1 Å². The summed E-state index contributed by atoms with van der Waals surface area (Å²) < 4.78 is 11.3. The SMILES string of the molecule is CC(C)C[C@H](NC(=O)CC1COC2OCCCC12)C(=O)N[C@H](C#N)C[C@@H]1CCNC1=O. The molecule has 172 valence electrons. The van der Waals surface area contributed by atoms with Crippen LogP contribution in [0.4, 0.5) is 0 Å². The van der Waals surface area contributed by atoms with Crippen LogP contribution in [0.15, 0.2) is 0 Å². The lowest BCUT2D eigenvalue weighted by atomic mass is 9.86. The number of nitriles is 1. The Labute approximate surface area is 183 Å². The first kappa shape index (κ1) is 23.5. The van der Waals surface area contributed by atoms with E-state index in [2.05, 4.69) is 22.0 Å². The van der Waals surface area contributed by atoms with Gasteiger partial charge in [-0.25, -0.2) is 0 Å². The topological polar surface area (TPSA) is 130 Å². The van der Waals surface area contributed by atoms with E-state index in [-0.39, 0.29) is 60.5 Å². The summed E-state index contributed by atoms with van der Waals surface area (Å²) >= 11 is 0. The van der Waals surface area contributed by atoms with Crippen LogP contribution in [0.3, 0.4) is 0 Å². The fraction of sp³-hybridized carbons (Fsp3) is 0.818. The van der Waals surface area contributed by atoms with Crippen molar-refractivity contribution in [3.63, 3.8) is 0 Å². The number of nitrogens with one attached hydrogen (secondary N) is 3. The number of carbonyl (C=O) groups is 3. The number of hydrogen-bond donors (Lipinski definition) is 3. The first-order valence-electron chi connectivity index (χ1n) is 11.4. The second-order valence-corrected chi connectivity index (χ2v) is 9.30. The quantitative estimate of drug-likeness (QED) is 0.493. The van der Waals surface area contributed by atoms with E-state index in [1.807, 2.05) is 13.8 Å². The highest BCUT2D eigenvalue weighted by Crippen LogP contribution is 2.36. The lowest BCUT2D eigenvalue weighted by Gasteiger charge is -2.27. The van der Waals surface area contributed by atoms with Gasteiger partial charge in [-0.2, -0.15) is 5.26 Å². The summed E-state index contributed by atoms with van der Waals surface area (Å²) in [6, 6.07) is 0.589. The van der Waals surface area contributed by atoms with Gasteiger partial charge in [0.2, 0.25) is 17.7 Å². The van der Waals surface area contributed by atoms with E-state index >= 15 is 0 Å². The molecule has 31 heavy (non-hydrogen) atoms.